The molecule has 0 fully saturated rings. The Balaban J connectivity index is 1.48. The summed E-state index contributed by atoms with van der Waals surface area (Å²) < 4.78 is 5.58. The molecule has 1 aliphatic carbocycles. The summed E-state index contributed by atoms with van der Waals surface area (Å²) in [7, 11) is 0. The molecule has 1 heterocycles. The molecule has 3 N–H and O–H groups in total. The Morgan fingerprint density at radius 2 is 1.80 bits per heavy atom. The van der Waals surface area contributed by atoms with Crippen molar-refractivity contribution in [2.75, 3.05) is 19.7 Å². The Hall–Kier alpha value is -4.40. The summed E-state index contributed by atoms with van der Waals surface area (Å²) >= 11 is 0. The number of hydrogen-bond acceptors (Lipinski definition) is 5. The van der Waals surface area contributed by atoms with Crippen molar-refractivity contribution in [1.29, 1.82) is 0 Å². The van der Waals surface area contributed by atoms with Gasteiger partial charge in [0.15, 0.2) is 0 Å². The van der Waals surface area contributed by atoms with Crippen molar-refractivity contribution in [3.63, 3.8) is 0 Å². The maximum absolute atomic E-state index is 13.1. The Morgan fingerprint density at radius 1 is 1.14 bits per heavy atom. The number of alkyl carbamates (subject to hydrolysis) is 1. The van der Waals surface area contributed by atoms with Gasteiger partial charge in [0, 0.05) is 30.8 Å². The second-order valence-corrected chi connectivity index (χ2v) is 8.20. The molecular weight excluding hydrogens is 448 g/mol. The Kier molecular flexibility index (Phi) is 7.25. The third-order valence-corrected chi connectivity index (χ3v) is 5.90. The van der Waals surface area contributed by atoms with E-state index in [2.05, 4.69) is 21.9 Å². The number of carboxylic acids is 1. The molecule has 3 aromatic rings. The van der Waals surface area contributed by atoms with Crippen molar-refractivity contribution in [3.05, 3.63) is 90.5 Å². The highest BCUT2D eigenvalue weighted by atomic mass is 16.5. The molecule has 4 rings (SSSR count). The predicted molar refractivity (Wildman–Crippen MR) is 129 cm³/mol. The van der Waals surface area contributed by atoms with Crippen LogP contribution in [-0.2, 0) is 20.7 Å². The number of nitrogens with one attached hydrogen (secondary N) is 2. The van der Waals surface area contributed by atoms with Gasteiger partial charge in [0.25, 0.3) is 0 Å². The highest BCUT2D eigenvalue weighted by molar-refractivity contribution is 5.88. The topological polar surface area (TPSA) is 125 Å². The second-order valence-electron chi connectivity index (χ2n) is 8.20. The fraction of sp³-hybridized carbons (Fsp3) is 0.231. The van der Waals surface area contributed by atoms with E-state index >= 15 is 0 Å². The van der Waals surface area contributed by atoms with Crippen LogP contribution in [0.5, 0.6) is 0 Å². The number of imidazole rings is 1. The second kappa shape index (κ2) is 10.7. The zero-order chi connectivity index (χ0) is 24.8. The van der Waals surface area contributed by atoms with Crippen molar-refractivity contribution < 1.29 is 24.2 Å². The SMILES string of the molecule is C=CCN(CC(=O)O)C(=O)[C@@H](Cc1cnc[nH]1)NC(=O)OCC1c2ccccc2-c2ccccc21. The molecule has 2 amide bonds. The highest BCUT2D eigenvalue weighted by Crippen LogP contribution is 2.44. The summed E-state index contributed by atoms with van der Waals surface area (Å²) in [6, 6.07) is 14.9. The highest BCUT2D eigenvalue weighted by Gasteiger charge is 2.31. The van der Waals surface area contributed by atoms with E-state index in [0.29, 0.717) is 5.69 Å². The molecular formula is C26H26N4O5. The molecule has 0 aliphatic heterocycles. The predicted octanol–water partition coefficient (Wildman–Crippen LogP) is 2.96. The van der Waals surface area contributed by atoms with Crippen LogP contribution < -0.4 is 5.32 Å². The lowest BCUT2D eigenvalue weighted by Gasteiger charge is -2.25. The summed E-state index contributed by atoms with van der Waals surface area (Å²) in [6.45, 7) is 3.18. The van der Waals surface area contributed by atoms with Crippen LogP contribution in [0.25, 0.3) is 11.1 Å². The van der Waals surface area contributed by atoms with Gasteiger partial charge in [-0.25, -0.2) is 9.78 Å². The van der Waals surface area contributed by atoms with Crippen LogP contribution in [0.2, 0.25) is 0 Å². The lowest BCUT2D eigenvalue weighted by Crippen LogP contribution is -2.51. The maximum atomic E-state index is 13.1. The maximum Gasteiger partial charge on any atom is 0.407 e. The van der Waals surface area contributed by atoms with Gasteiger partial charge in [0.05, 0.1) is 6.33 Å². The van der Waals surface area contributed by atoms with E-state index in [1.807, 2.05) is 48.5 Å². The van der Waals surface area contributed by atoms with E-state index in [4.69, 9.17) is 4.74 Å². The normalized spacial score (nSPS) is 12.8. The first kappa shape index (κ1) is 23.7. The minimum Gasteiger partial charge on any atom is -0.480 e. The van der Waals surface area contributed by atoms with E-state index in [9.17, 15) is 19.5 Å². The standard InChI is InChI=1S/C26H26N4O5/c1-2-11-30(14-24(31)32)25(33)23(12-17-13-27-16-28-17)29-26(34)35-15-22-20-9-5-3-7-18(20)19-8-4-6-10-21(19)22/h2-10,13,16,22-23H,1,11-12,14-15H2,(H,27,28)(H,29,34)(H,31,32)/t23-/m1/s1. The molecule has 180 valence electrons. The van der Waals surface area contributed by atoms with Crippen molar-refractivity contribution in [3.8, 4) is 11.1 Å². The number of hydrogen-bond donors (Lipinski definition) is 3. The molecule has 0 saturated carbocycles. The van der Waals surface area contributed by atoms with Crippen LogP contribution in [0.3, 0.4) is 0 Å². The van der Waals surface area contributed by atoms with E-state index in [0.717, 1.165) is 27.2 Å². The van der Waals surface area contributed by atoms with Crippen LogP contribution >= 0.6 is 0 Å². The number of fused-ring (bicyclic) bond motifs is 3. The molecule has 0 radical (unpaired) electrons. The lowest BCUT2D eigenvalue weighted by atomic mass is 9.98. The van der Waals surface area contributed by atoms with Gasteiger partial charge in [-0.2, -0.15) is 0 Å². The van der Waals surface area contributed by atoms with E-state index < -0.39 is 30.6 Å². The summed E-state index contributed by atoms with van der Waals surface area (Å²) in [6.07, 6.45) is 3.76. The zero-order valence-electron chi connectivity index (χ0n) is 19.0. The number of aromatic amines is 1. The van der Waals surface area contributed by atoms with Crippen molar-refractivity contribution in [2.45, 2.75) is 18.4 Å². The number of benzene rings is 2. The molecule has 0 unspecified atom stereocenters. The van der Waals surface area contributed by atoms with Gasteiger partial charge in [-0.15, -0.1) is 6.58 Å². The zero-order valence-corrected chi connectivity index (χ0v) is 19.0. The number of rotatable bonds is 10. The van der Waals surface area contributed by atoms with Crippen LogP contribution in [0.4, 0.5) is 4.79 Å². The van der Waals surface area contributed by atoms with Gasteiger partial charge >= 0.3 is 12.1 Å². The largest absolute Gasteiger partial charge is 0.480 e. The Bertz CT molecular complexity index is 1180. The Morgan fingerprint density at radius 3 is 2.37 bits per heavy atom. The van der Waals surface area contributed by atoms with E-state index in [-0.39, 0.29) is 25.5 Å². The summed E-state index contributed by atoms with van der Waals surface area (Å²) in [4.78, 5) is 45.1. The molecule has 35 heavy (non-hydrogen) atoms. The minimum absolute atomic E-state index is 0.0248. The molecule has 1 aromatic heterocycles. The number of H-pyrrole nitrogens is 1. The first-order valence-corrected chi connectivity index (χ1v) is 11.2. The van der Waals surface area contributed by atoms with E-state index in [1.54, 1.807) is 0 Å². The summed E-state index contributed by atoms with van der Waals surface area (Å²) in [5.74, 6) is -1.85. The number of amides is 2. The number of carbonyl (C=O) groups is 3. The monoisotopic (exact) mass is 474 g/mol. The molecule has 0 spiro atoms. The smallest absolute Gasteiger partial charge is 0.407 e. The Labute approximate surface area is 202 Å². The molecule has 1 atom stereocenters. The first-order valence-electron chi connectivity index (χ1n) is 11.2. The number of aromatic nitrogens is 2. The molecule has 2 aromatic carbocycles. The first-order chi connectivity index (χ1) is 17.0. The van der Waals surface area contributed by atoms with Crippen molar-refractivity contribution >= 4 is 18.0 Å². The molecule has 1 aliphatic rings. The van der Waals surface area contributed by atoms with Crippen LogP contribution in [0.15, 0.2) is 73.7 Å². The molecule has 0 saturated heterocycles. The minimum atomic E-state index is -1.17. The third kappa shape index (κ3) is 5.40. The van der Waals surface area contributed by atoms with Crippen LogP contribution in [0.1, 0.15) is 22.7 Å². The van der Waals surface area contributed by atoms with Gasteiger partial charge in [0.1, 0.15) is 19.2 Å². The van der Waals surface area contributed by atoms with Gasteiger partial charge in [0.2, 0.25) is 5.91 Å². The quantitative estimate of drug-likeness (QED) is 0.388. The average molecular weight is 475 g/mol. The molecule has 9 heteroatoms. The fourth-order valence-corrected chi connectivity index (χ4v) is 4.37. The van der Waals surface area contributed by atoms with Crippen molar-refractivity contribution in [1.82, 2.24) is 20.2 Å². The number of aliphatic carboxylic acids is 1. The average Bonchev–Trinajstić information content (AvgIpc) is 3.47. The third-order valence-electron chi connectivity index (χ3n) is 5.90. The van der Waals surface area contributed by atoms with Crippen LogP contribution in [-0.4, -0.2) is 63.7 Å². The van der Waals surface area contributed by atoms with Gasteiger partial charge in [-0.3, -0.25) is 9.59 Å². The van der Waals surface area contributed by atoms with Gasteiger partial charge < -0.3 is 25.0 Å². The molecule has 9 nitrogen and oxygen atoms in total. The van der Waals surface area contributed by atoms with Crippen LogP contribution in [0, 0.1) is 0 Å². The molecule has 0 bridgehead atoms. The van der Waals surface area contributed by atoms with Crippen molar-refractivity contribution in [2.24, 2.45) is 0 Å². The lowest BCUT2D eigenvalue weighted by molar-refractivity contribution is -0.144. The van der Waals surface area contributed by atoms with Gasteiger partial charge in [-0.05, 0) is 22.3 Å². The summed E-state index contributed by atoms with van der Waals surface area (Å²) in [5.41, 5.74) is 4.97. The number of ether oxygens (including phenoxy) is 1. The number of carbonyl (C=O) groups excluding carboxylic acids is 2. The van der Waals surface area contributed by atoms with E-state index in [1.165, 1.54) is 18.6 Å². The number of carboxylic acid groups (broad SMARTS) is 1. The summed E-state index contributed by atoms with van der Waals surface area (Å²) in [5, 5.41) is 11.8. The van der Waals surface area contributed by atoms with Gasteiger partial charge in [-0.1, -0.05) is 54.6 Å². The number of nitrogens with zero attached hydrogens (tertiary/aromatic N) is 2. The fourth-order valence-electron chi connectivity index (χ4n) is 4.37.